The standard InChI is InChI=1S/C18H23N3O2S2/c1-14-19-17(13-24-14)12-20-7-9-21(10-8-20)25(22,23)18-6-5-15-3-2-4-16(15)11-18/h5-6,11,13H,2-4,7-10,12H2,1H3/p+1. The number of fused-ring (bicyclic) bond motifs is 1. The second kappa shape index (κ2) is 6.79. The normalized spacial score (nSPS) is 19.2. The van der Waals surface area contributed by atoms with E-state index >= 15 is 0 Å². The first-order valence-corrected chi connectivity index (χ1v) is 11.2. The molecule has 0 radical (unpaired) electrons. The molecule has 0 spiro atoms. The molecule has 2 aromatic rings. The third-order valence-corrected chi connectivity index (χ3v) is 7.95. The highest BCUT2D eigenvalue weighted by Crippen LogP contribution is 2.26. The maximum absolute atomic E-state index is 13.0. The van der Waals surface area contributed by atoms with E-state index in [0.29, 0.717) is 18.0 Å². The Hall–Kier alpha value is -1.28. The van der Waals surface area contributed by atoms with Gasteiger partial charge in [0.1, 0.15) is 12.2 Å². The van der Waals surface area contributed by atoms with Crippen molar-refractivity contribution in [2.75, 3.05) is 26.2 Å². The van der Waals surface area contributed by atoms with Crippen molar-refractivity contribution in [3.05, 3.63) is 45.4 Å². The van der Waals surface area contributed by atoms with Gasteiger partial charge in [0.25, 0.3) is 0 Å². The molecule has 7 heteroatoms. The molecule has 1 aromatic heterocycles. The lowest BCUT2D eigenvalue weighted by Gasteiger charge is -2.31. The molecular formula is C18H24N3O2S2+. The number of hydrogen-bond acceptors (Lipinski definition) is 4. The van der Waals surface area contributed by atoms with E-state index in [4.69, 9.17) is 0 Å². The number of quaternary nitrogens is 1. The van der Waals surface area contributed by atoms with E-state index in [1.807, 2.05) is 19.1 Å². The highest BCUT2D eigenvalue weighted by molar-refractivity contribution is 7.89. The van der Waals surface area contributed by atoms with Crippen LogP contribution in [0, 0.1) is 6.92 Å². The topological polar surface area (TPSA) is 54.7 Å². The number of hydrogen-bond donors (Lipinski definition) is 1. The van der Waals surface area contributed by atoms with Crippen LogP contribution in [0.1, 0.15) is 28.2 Å². The molecule has 0 unspecified atom stereocenters. The molecule has 1 aliphatic heterocycles. The van der Waals surface area contributed by atoms with Gasteiger partial charge in [-0.2, -0.15) is 4.31 Å². The zero-order chi connectivity index (χ0) is 17.4. The second-order valence-electron chi connectivity index (χ2n) is 6.97. The van der Waals surface area contributed by atoms with Gasteiger partial charge in [-0.1, -0.05) is 6.07 Å². The summed E-state index contributed by atoms with van der Waals surface area (Å²) in [5.74, 6) is 0. The average Bonchev–Trinajstić information content (AvgIpc) is 3.23. The summed E-state index contributed by atoms with van der Waals surface area (Å²) < 4.78 is 27.6. The lowest BCUT2D eigenvalue weighted by molar-refractivity contribution is -0.917. The minimum atomic E-state index is -3.37. The molecular weight excluding hydrogens is 354 g/mol. The molecule has 5 nitrogen and oxygen atoms in total. The van der Waals surface area contributed by atoms with Gasteiger partial charge in [0.05, 0.1) is 36.1 Å². The molecule has 1 saturated heterocycles. The summed E-state index contributed by atoms with van der Waals surface area (Å²) in [4.78, 5) is 6.39. The largest absolute Gasteiger partial charge is 0.328 e. The zero-order valence-corrected chi connectivity index (χ0v) is 16.1. The van der Waals surface area contributed by atoms with Gasteiger partial charge < -0.3 is 4.90 Å². The van der Waals surface area contributed by atoms with Crippen molar-refractivity contribution in [2.45, 2.75) is 37.6 Å². The molecule has 25 heavy (non-hydrogen) atoms. The lowest BCUT2D eigenvalue weighted by atomic mass is 10.1. The Morgan fingerprint density at radius 1 is 1.20 bits per heavy atom. The van der Waals surface area contributed by atoms with Crippen LogP contribution in [-0.4, -0.2) is 43.9 Å². The van der Waals surface area contributed by atoms with Gasteiger partial charge in [-0.3, -0.25) is 0 Å². The predicted molar refractivity (Wildman–Crippen MR) is 98.5 cm³/mol. The number of piperazine rings is 1. The molecule has 0 bridgehead atoms. The SMILES string of the molecule is Cc1nc(C[NH+]2CCN(S(=O)(=O)c3ccc4c(c3)CCC4)CC2)cs1. The quantitative estimate of drug-likeness (QED) is 0.865. The zero-order valence-electron chi connectivity index (χ0n) is 14.5. The number of nitrogens with one attached hydrogen (secondary N) is 1. The number of rotatable bonds is 4. The van der Waals surface area contributed by atoms with Gasteiger partial charge in [-0.05, 0) is 49.4 Å². The summed E-state index contributed by atoms with van der Waals surface area (Å²) in [6.45, 7) is 5.74. The van der Waals surface area contributed by atoms with E-state index in [0.717, 1.165) is 49.6 Å². The minimum absolute atomic E-state index is 0.465. The van der Waals surface area contributed by atoms with Crippen molar-refractivity contribution < 1.29 is 13.3 Å². The first kappa shape index (κ1) is 17.1. The van der Waals surface area contributed by atoms with Gasteiger partial charge in [0, 0.05) is 5.38 Å². The van der Waals surface area contributed by atoms with E-state index in [2.05, 4.69) is 10.4 Å². The number of aromatic nitrogens is 1. The monoisotopic (exact) mass is 378 g/mol. The fourth-order valence-electron chi connectivity index (χ4n) is 3.82. The van der Waals surface area contributed by atoms with Crippen molar-refractivity contribution >= 4 is 21.4 Å². The molecule has 1 fully saturated rings. The third kappa shape index (κ3) is 3.51. The first-order chi connectivity index (χ1) is 12.0. The Bertz CT molecular complexity index is 868. The number of nitrogens with zero attached hydrogens (tertiary/aromatic N) is 2. The van der Waals surface area contributed by atoms with Crippen LogP contribution in [0.5, 0.6) is 0 Å². The van der Waals surface area contributed by atoms with Crippen LogP contribution in [-0.2, 0) is 29.4 Å². The Labute approximate surface area is 153 Å². The van der Waals surface area contributed by atoms with E-state index in [1.54, 1.807) is 21.7 Å². The fourth-order valence-corrected chi connectivity index (χ4v) is 5.93. The lowest BCUT2D eigenvalue weighted by Crippen LogP contribution is -3.13. The number of aryl methyl sites for hydroxylation is 3. The highest BCUT2D eigenvalue weighted by atomic mass is 32.2. The molecule has 134 valence electrons. The van der Waals surface area contributed by atoms with Gasteiger partial charge in [0.15, 0.2) is 0 Å². The maximum Gasteiger partial charge on any atom is 0.243 e. The van der Waals surface area contributed by atoms with E-state index in [1.165, 1.54) is 16.0 Å². The Morgan fingerprint density at radius 3 is 2.68 bits per heavy atom. The Balaban J connectivity index is 1.42. The number of sulfonamides is 1. The predicted octanol–water partition coefficient (Wildman–Crippen LogP) is 1.03. The maximum atomic E-state index is 13.0. The van der Waals surface area contributed by atoms with Crippen LogP contribution in [0.4, 0.5) is 0 Å². The molecule has 0 amide bonds. The fraction of sp³-hybridized carbons (Fsp3) is 0.500. The number of thiazole rings is 1. The summed E-state index contributed by atoms with van der Waals surface area (Å²) in [6, 6.07) is 5.69. The molecule has 2 aliphatic rings. The molecule has 0 atom stereocenters. The van der Waals surface area contributed by atoms with Crippen LogP contribution < -0.4 is 4.90 Å². The average molecular weight is 379 g/mol. The van der Waals surface area contributed by atoms with E-state index in [9.17, 15) is 8.42 Å². The molecule has 0 saturated carbocycles. The molecule has 1 N–H and O–H groups in total. The van der Waals surface area contributed by atoms with Crippen molar-refractivity contribution in [3.8, 4) is 0 Å². The van der Waals surface area contributed by atoms with Crippen molar-refractivity contribution in [2.24, 2.45) is 0 Å². The number of benzene rings is 1. The summed E-state index contributed by atoms with van der Waals surface area (Å²) in [6.07, 6.45) is 3.22. The molecule has 4 rings (SSSR count). The van der Waals surface area contributed by atoms with Gasteiger partial charge >= 0.3 is 0 Å². The van der Waals surface area contributed by atoms with Crippen molar-refractivity contribution in [3.63, 3.8) is 0 Å². The molecule has 2 heterocycles. The van der Waals surface area contributed by atoms with Gasteiger partial charge in [0.2, 0.25) is 10.0 Å². The Kier molecular flexibility index (Phi) is 4.66. The highest BCUT2D eigenvalue weighted by Gasteiger charge is 2.31. The summed E-state index contributed by atoms with van der Waals surface area (Å²) in [5, 5.41) is 3.20. The van der Waals surface area contributed by atoms with Gasteiger partial charge in [-0.15, -0.1) is 11.3 Å². The first-order valence-electron chi connectivity index (χ1n) is 8.89. The summed E-state index contributed by atoms with van der Waals surface area (Å²) in [7, 11) is -3.37. The summed E-state index contributed by atoms with van der Waals surface area (Å²) in [5.41, 5.74) is 3.64. The smallest absolute Gasteiger partial charge is 0.243 e. The third-order valence-electron chi connectivity index (χ3n) is 5.23. The van der Waals surface area contributed by atoms with E-state index < -0.39 is 10.0 Å². The Morgan fingerprint density at radius 2 is 1.96 bits per heavy atom. The van der Waals surface area contributed by atoms with Crippen LogP contribution in [0.25, 0.3) is 0 Å². The van der Waals surface area contributed by atoms with E-state index in [-0.39, 0.29) is 0 Å². The second-order valence-corrected chi connectivity index (χ2v) is 9.97. The minimum Gasteiger partial charge on any atom is -0.328 e. The van der Waals surface area contributed by atoms with Crippen molar-refractivity contribution in [1.29, 1.82) is 0 Å². The van der Waals surface area contributed by atoms with Crippen LogP contribution in [0.2, 0.25) is 0 Å². The molecule has 1 aliphatic carbocycles. The van der Waals surface area contributed by atoms with Crippen LogP contribution >= 0.6 is 11.3 Å². The summed E-state index contributed by atoms with van der Waals surface area (Å²) >= 11 is 1.67. The van der Waals surface area contributed by atoms with Gasteiger partial charge in [-0.25, -0.2) is 13.4 Å². The molecule has 1 aromatic carbocycles. The van der Waals surface area contributed by atoms with Crippen molar-refractivity contribution in [1.82, 2.24) is 9.29 Å². The van der Waals surface area contributed by atoms with Crippen LogP contribution in [0.15, 0.2) is 28.5 Å². The van der Waals surface area contributed by atoms with Crippen LogP contribution in [0.3, 0.4) is 0 Å².